The molecule has 0 bridgehead atoms. The molecule has 1 saturated carbocycles. The highest BCUT2D eigenvalue weighted by molar-refractivity contribution is 5.69. The molecule has 0 spiro atoms. The van der Waals surface area contributed by atoms with Crippen molar-refractivity contribution in [1.82, 2.24) is 0 Å². The summed E-state index contributed by atoms with van der Waals surface area (Å²) in [6, 6.07) is 0. The molecule has 2 fully saturated rings. The summed E-state index contributed by atoms with van der Waals surface area (Å²) in [4.78, 5) is 11.6. The molecule has 1 heterocycles. The molecule has 92 valence electrons. The predicted octanol–water partition coefficient (Wildman–Crippen LogP) is 2.27. The fourth-order valence-electron chi connectivity index (χ4n) is 3.14. The standard InChI is InChI=1S/C13H22O3/c14-9-10-7-8-12-11(10)5-3-1-2-4-6-13(15)16-12/h10-12,14H,1-9H2/t10-,11-,12+/m1/s1. The number of carbonyl (C=O) groups excluding carboxylic acids is 1. The van der Waals surface area contributed by atoms with E-state index in [1.807, 2.05) is 0 Å². The first kappa shape index (κ1) is 11.9. The number of carbonyl (C=O) groups is 1. The van der Waals surface area contributed by atoms with Crippen LogP contribution in [-0.2, 0) is 9.53 Å². The van der Waals surface area contributed by atoms with Crippen molar-refractivity contribution in [3.05, 3.63) is 0 Å². The zero-order chi connectivity index (χ0) is 11.4. The maximum Gasteiger partial charge on any atom is 0.306 e. The van der Waals surface area contributed by atoms with Gasteiger partial charge in [-0.15, -0.1) is 0 Å². The van der Waals surface area contributed by atoms with E-state index < -0.39 is 0 Å². The highest BCUT2D eigenvalue weighted by atomic mass is 16.5. The molecular formula is C13H22O3. The van der Waals surface area contributed by atoms with E-state index in [1.54, 1.807) is 0 Å². The van der Waals surface area contributed by atoms with Gasteiger partial charge in [-0.2, -0.15) is 0 Å². The Bertz CT molecular complexity index is 239. The molecule has 0 aromatic rings. The largest absolute Gasteiger partial charge is 0.462 e. The van der Waals surface area contributed by atoms with Crippen LogP contribution in [0.25, 0.3) is 0 Å². The second-order valence-corrected chi connectivity index (χ2v) is 5.17. The van der Waals surface area contributed by atoms with Crippen molar-refractivity contribution in [2.45, 2.75) is 57.5 Å². The Hall–Kier alpha value is -0.570. The van der Waals surface area contributed by atoms with Crippen LogP contribution in [-0.4, -0.2) is 23.8 Å². The Morgan fingerprint density at radius 2 is 1.94 bits per heavy atom. The molecule has 1 saturated heterocycles. The third-order valence-electron chi connectivity index (χ3n) is 4.09. The van der Waals surface area contributed by atoms with Crippen molar-refractivity contribution in [1.29, 1.82) is 0 Å². The minimum Gasteiger partial charge on any atom is -0.462 e. The summed E-state index contributed by atoms with van der Waals surface area (Å²) >= 11 is 0. The van der Waals surface area contributed by atoms with Gasteiger partial charge in [0.2, 0.25) is 0 Å². The molecule has 0 aromatic carbocycles. The van der Waals surface area contributed by atoms with E-state index in [9.17, 15) is 9.90 Å². The Balaban J connectivity index is 1.99. The maximum atomic E-state index is 11.6. The molecule has 16 heavy (non-hydrogen) atoms. The highest BCUT2D eigenvalue weighted by Crippen LogP contribution is 2.38. The molecule has 1 aliphatic heterocycles. The summed E-state index contributed by atoms with van der Waals surface area (Å²) in [7, 11) is 0. The third kappa shape index (κ3) is 2.76. The second-order valence-electron chi connectivity index (χ2n) is 5.17. The van der Waals surface area contributed by atoms with Crippen molar-refractivity contribution in [2.24, 2.45) is 11.8 Å². The van der Waals surface area contributed by atoms with E-state index in [1.165, 1.54) is 12.8 Å². The first-order chi connectivity index (χ1) is 7.81. The molecule has 1 N–H and O–H groups in total. The zero-order valence-electron chi connectivity index (χ0n) is 9.86. The lowest BCUT2D eigenvalue weighted by molar-refractivity contribution is -0.151. The first-order valence-corrected chi connectivity index (χ1v) is 6.61. The minimum absolute atomic E-state index is 0.0320. The van der Waals surface area contributed by atoms with Crippen molar-refractivity contribution in [2.75, 3.05) is 6.61 Å². The van der Waals surface area contributed by atoms with E-state index in [0.29, 0.717) is 18.3 Å². The summed E-state index contributed by atoms with van der Waals surface area (Å²) in [5, 5.41) is 9.32. The zero-order valence-corrected chi connectivity index (χ0v) is 9.86. The molecule has 3 nitrogen and oxygen atoms in total. The lowest BCUT2D eigenvalue weighted by Crippen LogP contribution is -2.27. The summed E-state index contributed by atoms with van der Waals surface area (Å²) in [5.41, 5.74) is 0. The number of esters is 1. The van der Waals surface area contributed by atoms with Gasteiger partial charge in [0.25, 0.3) is 0 Å². The molecule has 3 atom stereocenters. The smallest absolute Gasteiger partial charge is 0.306 e. The van der Waals surface area contributed by atoms with Crippen LogP contribution in [0, 0.1) is 11.8 Å². The number of hydrogen-bond donors (Lipinski definition) is 1. The van der Waals surface area contributed by atoms with E-state index in [2.05, 4.69) is 0 Å². The van der Waals surface area contributed by atoms with Gasteiger partial charge < -0.3 is 9.84 Å². The van der Waals surface area contributed by atoms with Gasteiger partial charge in [0, 0.05) is 18.9 Å². The van der Waals surface area contributed by atoms with Crippen LogP contribution >= 0.6 is 0 Å². The van der Waals surface area contributed by atoms with Gasteiger partial charge >= 0.3 is 5.97 Å². The molecule has 3 heteroatoms. The fraction of sp³-hybridized carbons (Fsp3) is 0.923. The number of aliphatic hydroxyl groups is 1. The molecule has 2 rings (SSSR count). The normalized spacial score (nSPS) is 36.6. The number of ether oxygens (including phenoxy) is 1. The van der Waals surface area contributed by atoms with Gasteiger partial charge in [-0.3, -0.25) is 4.79 Å². The maximum absolute atomic E-state index is 11.6. The van der Waals surface area contributed by atoms with Crippen LogP contribution in [0.2, 0.25) is 0 Å². The van der Waals surface area contributed by atoms with Crippen molar-refractivity contribution < 1.29 is 14.6 Å². The fourth-order valence-corrected chi connectivity index (χ4v) is 3.14. The monoisotopic (exact) mass is 226 g/mol. The topological polar surface area (TPSA) is 46.5 Å². The van der Waals surface area contributed by atoms with Crippen molar-refractivity contribution in [3.63, 3.8) is 0 Å². The van der Waals surface area contributed by atoms with Crippen LogP contribution in [0.3, 0.4) is 0 Å². The van der Waals surface area contributed by atoms with E-state index in [0.717, 1.165) is 32.1 Å². The number of hydrogen-bond acceptors (Lipinski definition) is 3. The molecule has 0 radical (unpaired) electrons. The van der Waals surface area contributed by atoms with Gasteiger partial charge in [0.15, 0.2) is 0 Å². The van der Waals surface area contributed by atoms with Crippen LogP contribution in [0.4, 0.5) is 0 Å². The van der Waals surface area contributed by atoms with Gasteiger partial charge in [-0.05, 0) is 31.6 Å². The lowest BCUT2D eigenvalue weighted by Gasteiger charge is -2.25. The van der Waals surface area contributed by atoms with Crippen LogP contribution in [0.5, 0.6) is 0 Å². The summed E-state index contributed by atoms with van der Waals surface area (Å²) in [5.74, 6) is 0.736. The lowest BCUT2D eigenvalue weighted by atomic mass is 9.89. The Labute approximate surface area is 97.2 Å². The minimum atomic E-state index is -0.0320. The Morgan fingerprint density at radius 3 is 2.75 bits per heavy atom. The van der Waals surface area contributed by atoms with Gasteiger partial charge in [0.05, 0.1) is 0 Å². The third-order valence-corrected chi connectivity index (χ3v) is 4.09. The Kier molecular flexibility index (Phi) is 4.22. The summed E-state index contributed by atoms with van der Waals surface area (Å²) in [6.07, 6.45) is 8.28. The van der Waals surface area contributed by atoms with Crippen LogP contribution in [0.15, 0.2) is 0 Å². The molecular weight excluding hydrogens is 204 g/mol. The number of fused-ring (bicyclic) bond motifs is 1. The summed E-state index contributed by atoms with van der Waals surface area (Å²) < 4.78 is 5.53. The van der Waals surface area contributed by atoms with Crippen molar-refractivity contribution >= 4 is 5.97 Å². The average molecular weight is 226 g/mol. The molecule has 1 aliphatic carbocycles. The average Bonchev–Trinajstić information content (AvgIpc) is 2.66. The van der Waals surface area contributed by atoms with Gasteiger partial charge in [-0.1, -0.05) is 19.3 Å². The van der Waals surface area contributed by atoms with Crippen molar-refractivity contribution in [3.8, 4) is 0 Å². The van der Waals surface area contributed by atoms with Gasteiger partial charge in [0.1, 0.15) is 6.10 Å². The first-order valence-electron chi connectivity index (χ1n) is 6.61. The van der Waals surface area contributed by atoms with E-state index >= 15 is 0 Å². The van der Waals surface area contributed by atoms with Gasteiger partial charge in [-0.25, -0.2) is 0 Å². The van der Waals surface area contributed by atoms with Crippen LogP contribution in [0.1, 0.15) is 51.4 Å². The highest BCUT2D eigenvalue weighted by Gasteiger charge is 2.37. The van der Waals surface area contributed by atoms with E-state index in [4.69, 9.17) is 4.74 Å². The molecule has 0 aromatic heterocycles. The quantitative estimate of drug-likeness (QED) is 0.698. The summed E-state index contributed by atoms with van der Waals surface area (Å²) in [6.45, 7) is 0.249. The number of rotatable bonds is 1. The van der Waals surface area contributed by atoms with E-state index in [-0.39, 0.29) is 18.7 Å². The van der Waals surface area contributed by atoms with Crippen LogP contribution < -0.4 is 0 Å². The predicted molar refractivity (Wildman–Crippen MR) is 60.9 cm³/mol. The molecule has 2 aliphatic rings. The Morgan fingerprint density at radius 1 is 1.12 bits per heavy atom. The molecule has 0 amide bonds. The second kappa shape index (κ2) is 5.67. The molecule has 0 unspecified atom stereocenters. The SMILES string of the molecule is O=C1CCCCCC[C@@H]2[C@@H](CO)CC[C@@H]2O1. The number of aliphatic hydroxyl groups excluding tert-OH is 1.